The van der Waals surface area contributed by atoms with Crippen molar-refractivity contribution in [1.29, 1.82) is 5.26 Å². The fourth-order valence-corrected chi connectivity index (χ4v) is 2.69. The molecule has 0 spiro atoms. The molecule has 0 atom stereocenters. The lowest BCUT2D eigenvalue weighted by molar-refractivity contribution is 0.209. The molecule has 1 aromatic rings. The molecule has 1 aliphatic rings. The molecule has 0 bridgehead atoms. The van der Waals surface area contributed by atoms with Gasteiger partial charge >= 0.3 is 0 Å². The predicted octanol–water partition coefficient (Wildman–Crippen LogP) is 2.85. The van der Waals surface area contributed by atoms with Gasteiger partial charge in [0.05, 0.1) is 11.3 Å². The van der Waals surface area contributed by atoms with Crippen molar-refractivity contribution in [3.05, 3.63) is 28.2 Å². The highest BCUT2D eigenvalue weighted by Crippen LogP contribution is 2.25. The molecule has 0 saturated carbocycles. The summed E-state index contributed by atoms with van der Waals surface area (Å²) in [6, 6.07) is 8.73. The summed E-state index contributed by atoms with van der Waals surface area (Å²) in [4.78, 5) is 4.78. The Kier molecular flexibility index (Phi) is 4.26. The summed E-state index contributed by atoms with van der Waals surface area (Å²) in [5.74, 6) is 0. The maximum Gasteiger partial charge on any atom is 0.101 e. The van der Waals surface area contributed by atoms with Crippen molar-refractivity contribution in [2.45, 2.75) is 19.9 Å². The van der Waals surface area contributed by atoms with E-state index in [0.717, 1.165) is 41.9 Å². The molecule has 1 heterocycles. The first-order valence-electron chi connectivity index (χ1n) is 6.30. The molecule has 0 radical (unpaired) electrons. The maximum absolute atomic E-state index is 9.18. The molecule has 0 amide bonds. The minimum atomic E-state index is 0.602. The Morgan fingerprint density at radius 1 is 1.22 bits per heavy atom. The smallest absolute Gasteiger partial charge is 0.101 e. The van der Waals surface area contributed by atoms with Gasteiger partial charge in [-0.05, 0) is 32.0 Å². The van der Waals surface area contributed by atoms with Crippen LogP contribution in [0.25, 0.3) is 0 Å². The first-order valence-corrected chi connectivity index (χ1v) is 7.10. The number of anilines is 1. The topological polar surface area (TPSA) is 30.3 Å². The number of hydrogen-bond acceptors (Lipinski definition) is 3. The first-order chi connectivity index (χ1) is 8.61. The summed E-state index contributed by atoms with van der Waals surface area (Å²) in [5.41, 5.74) is 1.81. The third kappa shape index (κ3) is 2.85. The lowest BCUT2D eigenvalue weighted by Gasteiger charge is -2.38. The van der Waals surface area contributed by atoms with E-state index in [1.54, 1.807) is 0 Å². The van der Waals surface area contributed by atoms with E-state index in [1.165, 1.54) is 0 Å². The minimum Gasteiger partial charge on any atom is -0.368 e. The van der Waals surface area contributed by atoms with E-state index < -0.39 is 0 Å². The number of nitriles is 1. The lowest BCUT2D eigenvalue weighted by atomic mass is 10.1. The second-order valence-electron chi connectivity index (χ2n) is 4.89. The van der Waals surface area contributed by atoms with E-state index in [0.29, 0.717) is 6.04 Å². The molecule has 1 aliphatic heterocycles. The summed E-state index contributed by atoms with van der Waals surface area (Å²) in [6.07, 6.45) is 0. The Morgan fingerprint density at radius 2 is 1.89 bits per heavy atom. The van der Waals surface area contributed by atoms with Crippen molar-refractivity contribution >= 4 is 21.6 Å². The molecule has 0 N–H and O–H groups in total. The highest BCUT2D eigenvalue weighted by molar-refractivity contribution is 9.10. The van der Waals surface area contributed by atoms with Crippen molar-refractivity contribution in [3.63, 3.8) is 0 Å². The molecule has 18 heavy (non-hydrogen) atoms. The van der Waals surface area contributed by atoms with Crippen molar-refractivity contribution in [2.75, 3.05) is 31.1 Å². The zero-order chi connectivity index (χ0) is 13.1. The van der Waals surface area contributed by atoms with Gasteiger partial charge in [0, 0.05) is 36.7 Å². The van der Waals surface area contributed by atoms with E-state index in [9.17, 15) is 5.26 Å². The second-order valence-corrected chi connectivity index (χ2v) is 5.81. The molecule has 2 rings (SSSR count). The molecule has 4 heteroatoms. The van der Waals surface area contributed by atoms with Gasteiger partial charge in [-0.2, -0.15) is 5.26 Å². The normalized spacial score (nSPS) is 16.9. The highest BCUT2D eigenvalue weighted by atomic mass is 79.9. The van der Waals surface area contributed by atoms with Crippen LogP contribution in [0.1, 0.15) is 19.4 Å². The third-order valence-corrected chi connectivity index (χ3v) is 3.96. The van der Waals surface area contributed by atoms with Gasteiger partial charge in [-0.3, -0.25) is 4.90 Å². The van der Waals surface area contributed by atoms with Crippen LogP contribution in [0, 0.1) is 11.3 Å². The lowest BCUT2D eigenvalue weighted by Crippen LogP contribution is -2.49. The molecular formula is C14H18BrN3. The zero-order valence-corrected chi connectivity index (χ0v) is 12.4. The fourth-order valence-electron chi connectivity index (χ4n) is 2.34. The molecule has 0 aliphatic carbocycles. The maximum atomic E-state index is 9.18. The molecule has 1 saturated heterocycles. The van der Waals surface area contributed by atoms with Crippen molar-refractivity contribution in [3.8, 4) is 6.07 Å². The average molecular weight is 308 g/mol. The predicted molar refractivity (Wildman–Crippen MR) is 77.8 cm³/mol. The van der Waals surface area contributed by atoms with Crippen LogP contribution in [0.2, 0.25) is 0 Å². The Bertz CT molecular complexity index is 457. The number of nitrogens with zero attached hydrogens (tertiary/aromatic N) is 3. The zero-order valence-electron chi connectivity index (χ0n) is 10.9. The van der Waals surface area contributed by atoms with E-state index in [-0.39, 0.29) is 0 Å². The van der Waals surface area contributed by atoms with Gasteiger partial charge in [0.25, 0.3) is 0 Å². The average Bonchev–Trinajstić information content (AvgIpc) is 2.39. The van der Waals surface area contributed by atoms with Gasteiger partial charge in [0.2, 0.25) is 0 Å². The summed E-state index contributed by atoms with van der Waals surface area (Å²) in [5, 5.41) is 9.18. The number of hydrogen-bond donors (Lipinski definition) is 0. The van der Waals surface area contributed by atoms with Gasteiger partial charge in [-0.15, -0.1) is 0 Å². The van der Waals surface area contributed by atoms with Crippen molar-refractivity contribution in [2.24, 2.45) is 0 Å². The summed E-state index contributed by atoms with van der Waals surface area (Å²) >= 11 is 3.48. The first kappa shape index (κ1) is 13.4. The van der Waals surface area contributed by atoms with Crippen LogP contribution in [0.15, 0.2) is 22.7 Å². The quantitative estimate of drug-likeness (QED) is 0.841. The van der Waals surface area contributed by atoms with E-state index in [4.69, 9.17) is 0 Å². The Balaban J connectivity index is 2.14. The van der Waals surface area contributed by atoms with Gasteiger partial charge < -0.3 is 4.90 Å². The van der Waals surface area contributed by atoms with Crippen LogP contribution in [0.5, 0.6) is 0 Å². The molecule has 1 aromatic carbocycles. The van der Waals surface area contributed by atoms with E-state index >= 15 is 0 Å². The Hall–Kier alpha value is -1.05. The fraction of sp³-hybridized carbons (Fsp3) is 0.500. The SMILES string of the molecule is CC(C)N1CCN(c2cc(Br)ccc2C#N)CC1. The van der Waals surface area contributed by atoms with Gasteiger partial charge in [0.1, 0.15) is 6.07 Å². The number of benzene rings is 1. The monoisotopic (exact) mass is 307 g/mol. The largest absolute Gasteiger partial charge is 0.368 e. The molecule has 0 unspecified atom stereocenters. The molecule has 1 fully saturated rings. The Morgan fingerprint density at radius 3 is 2.44 bits per heavy atom. The summed E-state index contributed by atoms with van der Waals surface area (Å²) in [7, 11) is 0. The number of halogens is 1. The molecule has 96 valence electrons. The van der Waals surface area contributed by atoms with Crippen molar-refractivity contribution < 1.29 is 0 Å². The van der Waals surface area contributed by atoms with Gasteiger partial charge in [-0.25, -0.2) is 0 Å². The molecular weight excluding hydrogens is 290 g/mol. The third-order valence-electron chi connectivity index (χ3n) is 3.47. The van der Waals surface area contributed by atoms with Crippen LogP contribution < -0.4 is 4.90 Å². The molecule has 3 nitrogen and oxygen atoms in total. The molecule has 0 aromatic heterocycles. The second kappa shape index (κ2) is 5.73. The van der Waals surface area contributed by atoms with Crippen LogP contribution in [-0.4, -0.2) is 37.1 Å². The Labute approximate surface area is 117 Å². The van der Waals surface area contributed by atoms with Crippen LogP contribution in [0.4, 0.5) is 5.69 Å². The van der Waals surface area contributed by atoms with Crippen molar-refractivity contribution in [1.82, 2.24) is 4.90 Å². The minimum absolute atomic E-state index is 0.602. The van der Waals surface area contributed by atoms with Crippen LogP contribution >= 0.6 is 15.9 Å². The standard InChI is InChI=1S/C14H18BrN3/c1-11(2)17-5-7-18(8-6-17)14-9-13(15)4-3-12(14)10-16/h3-4,9,11H,5-8H2,1-2H3. The summed E-state index contributed by atoms with van der Waals surface area (Å²) < 4.78 is 1.03. The number of rotatable bonds is 2. The van der Waals surface area contributed by atoms with E-state index in [2.05, 4.69) is 45.6 Å². The van der Waals surface area contributed by atoms with Gasteiger partial charge in [0.15, 0.2) is 0 Å². The number of piperazine rings is 1. The summed E-state index contributed by atoms with van der Waals surface area (Å²) in [6.45, 7) is 8.57. The van der Waals surface area contributed by atoms with E-state index in [1.807, 2.05) is 18.2 Å². The highest BCUT2D eigenvalue weighted by Gasteiger charge is 2.20. The van der Waals surface area contributed by atoms with Gasteiger partial charge in [-0.1, -0.05) is 15.9 Å². The van der Waals surface area contributed by atoms with Crippen LogP contribution in [0.3, 0.4) is 0 Å². The van der Waals surface area contributed by atoms with Crippen LogP contribution in [-0.2, 0) is 0 Å².